The normalized spacial score (nSPS) is 23.6. The molecule has 92 valence electrons. The lowest BCUT2D eigenvalue weighted by atomic mass is 10.2. The van der Waals surface area contributed by atoms with Gasteiger partial charge < -0.3 is 9.84 Å². The lowest BCUT2D eigenvalue weighted by Gasteiger charge is -2.09. The van der Waals surface area contributed by atoms with Gasteiger partial charge in [-0.2, -0.15) is 0 Å². The fourth-order valence-electron chi connectivity index (χ4n) is 1.65. The quantitative estimate of drug-likeness (QED) is 0.860. The maximum Gasteiger partial charge on any atom is 0.338 e. The van der Waals surface area contributed by atoms with Crippen LogP contribution in [0.5, 0.6) is 0 Å². The van der Waals surface area contributed by atoms with E-state index in [1.165, 1.54) is 11.8 Å². The molecule has 0 aliphatic carbocycles. The Bertz CT molecular complexity index is 393. The molecule has 1 aliphatic heterocycles. The third-order valence-electron chi connectivity index (χ3n) is 2.57. The second-order valence-electron chi connectivity index (χ2n) is 3.90. The molecule has 2 rings (SSSR count). The minimum atomic E-state index is -0.344. The van der Waals surface area contributed by atoms with Crippen LogP contribution in [0.25, 0.3) is 0 Å². The summed E-state index contributed by atoms with van der Waals surface area (Å²) in [6, 6.07) is 6.60. The summed E-state index contributed by atoms with van der Waals surface area (Å²) in [5.41, 5.74) is 0.187. The van der Waals surface area contributed by atoms with Crippen LogP contribution in [0.2, 0.25) is 5.02 Å². The average molecular weight is 273 g/mol. The van der Waals surface area contributed by atoms with Gasteiger partial charge in [-0.3, -0.25) is 0 Å². The highest BCUT2D eigenvalue weighted by Crippen LogP contribution is 2.31. The molecular weight excluding hydrogens is 260 g/mol. The lowest BCUT2D eigenvalue weighted by molar-refractivity contribution is 0.0506. The number of hydrogen-bond acceptors (Lipinski definition) is 4. The van der Waals surface area contributed by atoms with Crippen molar-refractivity contribution in [3.63, 3.8) is 0 Å². The molecule has 0 aromatic heterocycles. The van der Waals surface area contributed by atoms with E-state index in [-0.39, 0.29) is 16.7 Å². The SMILES string of the molecule is O=C(OC[C@@H]1CCC(O)S1)c1ccc(Cl)cc1. The van der Waals surface area contributed by atoms with Crippen LogP contribution < -0.4 is 0 Å². The molecule has 5 heteroatoms. The van der Waals surface area contributed by atoms with Gasteiger partial charge in [-0.1, -0.05) is 11.6 Å². The molecule has 0 bridgehead atoms. The van der Waals surface area contributed by atoms with E-state index in [4.69, 9.17) is 16.3 Å². The second-order valence-corrected chi connectivity index (χ2v) is 5.81. The van der Waals surface area contributed by atoms with Crippen molar-refractivity contribution < 1.29 is 14.6 Å². The molecule has 1 fully saturated rings. The van der Waals surface area contributed by atoms with Gasteiger partial charge >= 0.3 is 5.97 Å². The molecular formula is C12H13ClO3S. The van der Waals surface area contributed by atoms with E-state index in [0.29, 0.717) is 17.2 Å². The van der Waals surface area contributed by atoms with Crippen molar-refractivity contribution in [2.75, 3.05) is 6.61 Å². The summed E-state index contributed by atoms with van der Waals surface area (Å²) in [5, 5.41) is 10.1. The third kappa shape index (κ3) is 3.63. The van der Waals surface area contributed by atoms with Crippen LogP contribution in [-0.2, 0) is 4.74 Å². The lowest BCUT2D eigenvalue weighted by Crippen LogP contribution is -2.14. The van der Waals surface area contributed by atoms with Gasteiger partial charge in [0.25, 0.3) is 0 Å². The fourth-order valence-corrected chi connectivity index (χ4v) is 2.91. The van der Waals surface area contributed by atoms with Crippen molar-refractivity contribution in [2.45, 2.75) is 23.5 Å². The number of carbonyl (C=O) groups excluding carboxylic acids is 1. The van der Waals surface area contributed by atoms with Crippen molar-refractivity contribution in [1.29, 1.82) is 0 Å². The largest absolute Gasteiger partial charge is 0.461 e. The molecule has 3 nitrogen and oxygen atoms in total. The molecule has 2 atom stereocenters. The number of ether oxygens (including phenoxy) is 1. The van der Waals surface area contributed by atoms with Gasteiger partial charge in [-0.25, -0.2) is 4.79 Å². The van der Waals surface area contributed by atoms with Crippen molar-refractivity contribution in [2.24, 2.45) is 0 Å². The van der Waals surface area contributed by atoms with Crippen molar-refractivity contribution in [1.82, 2.24) is 0 Å². The predicted molar refractivity (Wildman–Crippen MR) is 68.4 cm³/mol. The number of hydrogen-bond donors (Lipinski definition) is 1. The molecule has 1 N–H and O–H groups in total. The molecule has 1 heterocycles. The summed E-state index contributed by atoms with van der Waals surface area (Å²) in [6.45, 7) is 0.350. The topological polar surface area (TPSA) is 46.5 Å². The average Bonchev–Trinajstić information content (AvgIpc) is 2.73. The van der Waals surface area contributed by atoms with Crippen LogP contribution in [0.1, 0.15) is 23.2 Å². The minimum absolute atomic E-state index is 0.209. The van der Waals surface area contributed by atoms with Crippen molar-refractivity contribution >= 4 is 29.3 Å². The van der Waals surface area contributed by atoms with Gasteiger partial charge in [-0.15, -0.1) is 11.8 Å². The summed E-state index contributed by atoms with van der Waals surface area (Å²) in [4.78, 5) is 11.7. The number of thioether (sulfide) groups is 1. The minimum Gasteiger partial charge on any atom is -0.461 e. The molecule has 1 saturated heterocycles. The monoisotopic (exact) mass is 272 g/mol. The summed E-state index contributed by atoms with van der Waals surface area (Å²) in [6.07, 6.45) is 1.66. The Morgan fingerprint density at radius 2 is 2.12 bits per heavy atom. The fraction of sp³-hybridized carbons (Fsp3) is 0.417. The molecule has 1 aliphatic rings. The maximum atomic E-state index is 11.7. The molecule has 0 spiro atoms. The smallest absolute Gasteiger partial charge is 0.338 e. The first-order valence-corrected chi connectivity index (χ1v) is 6.73. The van der Waals surface area contributed by atoms with Crippen molar-refractivity contribution in [3.05, 3.63) is 34.9 Å². The van der Waals surface area contributed by atoms with Gasteiger partial charge in [-0.05, 0) is 37.1 Å². The maximum absolute atomic E-state index is 11.7. The molecule has 0 radical (unpaired) electrons. The van der Waals surface area contributed by atoms with E-state index in [1.54, 1.807) is 24.3 Å². The van der Waals surface area contributed by atoms with Gasteiger partial charge in [0.1, 0.15) is 6.61 Å². The number of benzene rings is 1. The van der Waals surface area contributed by atoms with Crippen LogP contribution in [0, 0.1) is 0 Å². The van der Waals surface area contributed by atoms with Crippen LogP contribution in [0.4, 0.5) is 0 Å². The Balaban J connectivity index is 1.83. The first-order chi connectivity index (χ1) is 8.15. The number of carbonyl (C=O) groups is 1. The number of rotatable bonds is 3. The standard InChI is InChI=1S/C12H13ClO3S/c13-9-3-1-8(2-4-9)12(15)16-7-10-5-6-11(14)17-10/h1-4,10-11,14H,5-7H2/t10-,11?/m0/s1. The first kappa shape index (κ1) is 12.7. The molecule has 1 aromatic carbocycles. The molecule has 1 unspecified atom stereocenters. The zero-order valence-corrected chi connectivity index (χ0v) is 10.7. The summed E-state index contributed by atoms with van der Waals surface area (Å²) in [5.74, 6) is -0.344. The number of halogens is 1. The predicted octanol–water partition coefficient (Wildman–Crippen LogP) is 2.71. The number of esters is 1. The van der Waals surface area contributed by atoms with Gasteiger partial charge in [0, 0.05) is 10.3 Å². The highest BCUT2D eigenvalue weighted by atomic mass is 35.5. The summed E-state index contributed by atoms with van der Waals surface area (Å²) >= 11 is 7.19. The Morgan fingerprint density at radius 1 is 1.41 bits per heavy atom. The molecule has 17 heavy (non-hydrogen) atoms. The van der Waals surface area contributed by atoms with Crippen LogP contribution in [-0.4, -0.2) is 28.4 Å². The zero-order valence-electron chi connectivity index (χ0n) is 9.14. The van der Waals surface area contributed by atoms with E-state index in [2.05, 4.69) is 0 Å². The Hall–Kier alpha value is -0.710. The van der Waals surface area contributed by atoms with E-state index in [9.17, 15) is 9.90 Å². The third-order valence-corrected chi connectivity index (χ3v) is 4.12. The van der Waals surface area contributed by atoms with E-state index >= 15 is 0 Å². The van der Waals surface area contributed by atoms with E-state index in [1.807, 2.05) is 0 Å². The highest BCUT2D eigenvalue weighted by molar-refractivity contribution is 8.00. The Labute approximate surface area is 109 Å². The first-order valence-electron chi connectivity index (χ1n) is 5.41. The zero-order chi connectivity index (χ0) is 12.3. The number of aliphatic hydroxyl groups is 1. The number of aliphatic hydroxyl groups excluding tert-OH is 1. The van der Waals surface area contributed by atoms with Crippen molar-refractivity contribution in [3.8, 4) is 0 Å². The van der Waals surface area contributed by atoms with Crippen LogP contribution in [0.3, 0.4) is 0 Å². The molecule has 0 amide bonds. The second kappa shape index (κ2) is 5.76. The summed E-state index contributed by atoms with van der Waals surface area (Å²) < 4.78 is 5.19. The van der Waals surface area contributed by atoms with E-state index in [0.717, 1.165) is 12.8 Å². The van der Waals surface area contributed by atoms with E-state index < -0.39 is 0 Å². The molecule has 0 saturated carbocycles. The highest BCUT2D eigenvalue weighted by Gasteiger charge is 2.24. The Kier molecular flexibility index (Phi) is 4.31. The van der Waals surface area contributed by atoms with Gasteiger partial charge in [0.2, 0.25) is 0 Å². The Morgan fingerprint density at radius 3 is 2.71 bits per heavy atom. The van der Waals surface area contributed by atoms with Gasteiger partial charge in [0.05, 0.1) is 11.0 Å². The van der Waals surface area contributed by atoms with Crippen LogP contribution >= 0.6 is 23.4 Å². The van der Waals surface area contributed by atoms with Gasteiger partial charge in [0.15, 0.2) is 0 Å². The summed E-state index contributed by atoms with van der Waals surface area (Å²) in [7, 11) is 0. The van der Waals surface area contributed by atoms with Crippen LogP contribution in [0.15, 0.2) is 24.3 Å². The molecule has 1 aromatic rings.